The average Bonchev–Trinajstić information content (AvgIpc) is 2.94. The fraction of sp³-hybridized carbons (Fsp3) is 0.600. The molecule has 1 aromatic heterocycles. The maximum absolute atomic E-state index is 11.7. The molecule has 1 aromatic rings. The van der Waals surface area contributed by atoms with Crippen molar-refractivity contribution < 1.29 is 17.9 Å². The van der Waals surface area contributed by atoms with Gasteiger partial charge in [0, 0.05) is 12.5 Å². The number of hydrogen-bond acceptors (Lipinski definition) is 6. The van der Waals surface area contributed by atoms with Gasteiger partial charge in [-0.3, -0.25) is 4.79 Å². The van der Waals surface area contributed by atoms with Crippen molar-refractivity contribution in [3.05, 3.63) is 16.1 Å². The summed E-state index contributed by atoms with van der Waals surface area (Å²) in [5.41, 5.74) is 0.117. The Morgan fingerprint density at radius 3 is 2.94 bits per heavy atom. The van der Waals surface area contributed by atoms with E-state index in [1.54, 1.807) is 0 Å². The summed E-state index contributed by atoms with van der Waals surface area (Å²) in [6.45, 7) is 0.312. The highest BCUT2D eigenvalue weighted by Crippen LogP contribution is 2.29. The molecule has 1 aliphatic carbocycles. The molecule has 1 aliphatic rings. The summed E-state index contributed by atoms with van der Waals surface area (Å²) in [7, 11) is -2.01. The van der Waals surface area contributed by atoms with E-state index in [0.29, 0.717) is 11.6 Å². The Balaban J connectivity index is 1.97. The molecule has 0 atom stereocenters. The van der Waals surface area contributed by atoms with Gasteiger partial charge in [0.25, 0.3) is 5.91 Å². The quantitative estimate of drug-likeness (QED) is 0.836. The van der Waals surface area contributed by atoms with E-state index in [0.717, 1.165) is 12.8 Å². The van der Waals surface area contributed by atoms with Gasteiger partial charge >= 0.3 is 0 Å². The first-order valence-corrected chi connectivity index (χ1v) is 8.01. The summed E-state index contributed by atoms with van der Waals surface area (Å²) in [4.78, 5) is 15.7. The normalized spacial score (nSPS) is 15.6. The Morgan fingerprint density at radius 2 is 2.33 bits per heavy atom. The van der Waals surface area contributed by atoms with Crippen LogP contribution < -0.4 is 4.72 Å². The molecule has 0 bridgehead atoms. The zero-order valence-electron chi connectivity index (χ0n) is 9.88. The van der Waals surface area contributed by atoms with Gasteiger partial charge in [-0.25, -0.2) is 18.1 Å². The second-order valence-electron chi connectivity index (χ2n) is 4.22. The van der Waals surface area contributed by atoms with E-state index in [-0.39, 0.29) is 17.4 Å². The van der Waals surface area contributed by atoms with Gasteiger partial charge < -0.3 is 4.74 Å². The molecule has 1 N–H and O–H groups in total. The number of ether oxygens (including phenoxy) is 1. The highest BCUT2D eigenvalue weighted by Gasteiger charge is 2.29. The number of rotatable bonds is 6. The number of thiazole rings is 1. The van der Waals surface area contributed by atoms with Gasteiger partial charge in [-0.2, -0.15) is 0 Å². The van der Waals surface area contributed by atoms with Crippen LogP contribution in [0.2, 0.25) is 0 Å². The molecule has 1 saturated carbocycles. The summed E-state index contributed by atoms with van der Waals surface area (Å²) in [6, 6.07) is 0. The van der Waals surface area contributed by atoms with Gasteiger partial charge in [0.1, 0.15) is 10.7 Å². The number of carbonyl (C=O) groups is 1. The maximum Gasteiger partial charge on any atom is 0.284 e. The van der Waals surface area contributed by atoms with Crippen molar-refractivity contribution in [2.24, 2.45) is 5.92 Å². The number of carbonyl (C=O) groups excluding carboxylic acids is 1. The molecule has 8 heteroatoms. The molecule has 1 amide bonds. The molecule has 0 saturated heterocycles. The topological polar surface area (TPSA) is 85.4 Å². The van der Waals surface area contributed by atoms with Crippen LogP contribution in [0.25, 0.3) is 0 Å². The minimum atomic E-state index is -3.53. The van der Waals surface area contributed by atoms with Crippen molar-refractivity contribution in [2.45, 2.75) is 19.4 Å². The average molecular weight is 290 g/mol. The number of sulfonamides is 1. The van der Waals surface area contributed by atoms with E-state index in [1.165, 1.54) is 23.8 Å². The van der Waals surface area contributed by atoms with Gasteiger partial charge in [0.15, 0.2) is 0 Å². The second kappa shape index (κ2) is 5.33. The lowest BCUT2D eigenvalue weighted by Gasteiger charge is -2.03. The SMILES string of the molecule is COCc1nc(C(=O)NS(=O)(=O)CC2CC2)cs1. The Kier molecular flexibility index (Phi) is 3.98. The molecule has 0 unspecified atom stereocenters. The minimum absolute atomic E-state index is 0.0216. The van der Waals surface area contributed by atoms with Crippen molar-refractivity contribution in [3.63, 3.8) is 0 Å². The van der Waals surface area contributed by atoms with Crippen molar-refractivity contribution in [1.82, 2.24) is 9.71 Å². The fourth-order valence-electron chi connectivity index (χ4n) is 1.43. The van der Waals surface area contributed by atoms with Crippen molar-refractivity contribution in [1.29, 1.82) is 0 Å². The number of hydrogen-bond donors (Lipinski definition) is 1. The van der Waals surface area contributed by atoms with Crippen LogP contribution in [0.3, 0.4) is 0 Å². The molecule has 6 nitrogen and oxygen atoms in total. The van der Waals surface area contributed by atoms with Crippen LogP contribution in [0.5, 0.6) is 0 Å². The van der Waals surface area contributed by atoms with Crippen LogP contribution in [0.15, 0.2) is 5.38 Å². The highest BCUT2D eigenvalue weighted by atomic mass is 32.2. The summed E-state index contributed by atoms with van der Waals surface area (Å²) in [6.07, 6.45) is 1.84. The standard InChI is InChI=1S/C10H14N2O4S2/c1-16-4-9-11-8(5-17-9)10(13)12-18(14,15)6-7-2-3-7/h5,7H,2-4,6H2,1H3,(H,12,13). The predicted octanol–water partition coefficient (Wildman–Crippen LogP) is 0.759. The first kappa shape index (κ1) is 13.4. The summed E-state index contributed by atoms with van der Waals surface area (Å²) in [5, 5.41) is 2.17. The fourth-order valence-corrected chi connectivity index (χ4v) is 3.60. The van der Waals surface area contributed by atoms with Gasteiger partial charge in [-0.15, -0.1) is 11.3 Å². The third-order valence-corrected chi connectivity index (χ3v) is 4.68. The molecule has 100 valence electrons. The van der Waals surface area contributed by atoms with Gasteiger partial charge in [-0.1, -0.05) is 0 Å². The van der Waals surface area contributed by atoms with Crippen LogP contribution in [0.1, 0.15) is 28.3 Å². The van der Waals surface area contributed by atoms with E-state index in [2.05, 4.69) is 4.98 Å². The van der Waals surface area contributed by atoms with E-state index < -0.39 is 15.9 Å². The van der Waals surface area contributed by atoms with Gasteiger partial charge in [-0.05, 0) is 18.8 Å². The second-order valence-corrected chi connectivity index (χ2v) is 6.93. The Morgan fingerprint density at radius 1 is 1.61 bits per heavy atom. The molecule has 0 aliphatic heterocycles. The Bertz CT molecular complexity index is 534. The van der Waals surface area contributed by atoms with E-state index in [9.17, 15) is 13.2 Å². The van der Waals surface area contributed by atoms with Crippen molar-refractivity contribution in [2.75, 3.05) is 12.9 Å². The lowest BCUT2D eigenvalue weighted by Crippen LogP contribution is -2.33. The van der Waals surface area contributed by atoms with Crippen LogP contribution in [-0.2, 0) is 21.4 Å². The summed E-state index contributed by atoms with van der Waals surface area (Å²) < 4.78 is 30.1. The van der Waals surface area contributed by atoms with Crippen LogP contribution >= 0.6 is 11.3 Å². The smallest absolute Gasteiger partial charge is 0.284 e. The number of nitrogens with one attached hydrogen (secondary N) is 1. The number of aromatic nitrogens is 1. The third kappa shape index (κ3) is 3.76. The van der Waals surface area contributed by atoms with Gasteiger partial charge in [0.2, 0.25) is 10.0 Å². The first-order valence-electron chi connectivity index (χ1n) is 5.48. The van der Waals surface area contributed by atoms with Crippen LogP contribution in [-0.4, -0.2) is 32.2 Å². The summed E-state index contributed by atoms with van der Waals surface area (Å²) in [5.74, 6) is -0.447. The molecular weight excluding hydrogens is 276 g/mol. The molecule has 1 heterocycles. The largest absolute Gasteiger partial charge is 0.378 e. The maximum atomic E-state index is 11.7. The Hall–Kier alpha value is -0.990. The first-order chi connectivity index (χ1) is 8.50. The molecule has 0 aromatic carbocycles. The Labute approximate surface area is 109 Å². The molecule has 18 heavy (non-hydrogen) atoms. The van der Waals surface area contributed by atoms with E-state index in [4.69, 9.17) is 4.74 Å². The molecule has 0 radical (unpaired) electrons. The van der Waals surface area contributed by atoms with Crippen molar-refractivity contribution in [3.8, 4) is 0 Å². The zero-order chi connectivity index (χ0) is 13.2. The third-order valence-electron chi connectivity index (χ3n) is 2.45. The summed E-state index contributed by atoms with van der Waals surface area (Å²) >= 11 is 1.26. The predicted molar refractivity (Wildman–Crippen MR) is 66.8 cm³/mol. The number of amides is 1. The van der Waals surface area contributed by atoms with E-state index in [1.807, 2.05) is 4.72 Å². The van der Waals surface area contributed by atoms with Crippen LogP contribution in [0.4, 0.5) is 0 Å². The van der Waals surface area contributed by atoms with E-state index >= 15 is 0 Å². The van der Waals surface area contributed by atoms with Gasteiger partial charge in [0.05, 0.1) is 12.4 Å². The van der Waals surface area contributed by atoms with Crippen molar-refractivity contribution >= 4 is 27.3 Å². The number of nitrogens with zero attached hydrogens (tertiary/aromatic N) is 1. The molecule has 1 fully saturated rings. The van der Waals surface area contributed by atoms with Crippen LogP contribution in [0, 0.1) is 5.92 Å². The molecular formula is C10H14N2O4S2. The highest BCUT2D eigenvalue weighted by molar-refractivity contribution is 7.90. The zero-order valence-corrected chi connectivity index (χ0v) is 11.5. The lowest BCUT2D eigenvalue weighted by molar-refractivity contribution is 0.0976. The monoisotopic (exact) mass is 290 g/mol. The minimum Gasteiger partial charge on any atom is -0.378 e. The molecule has 0 spiro atoms. The number of methoxy groups -OCH3 is 1. The lowest BCUT2D eigenvalue weighted by atomic mass is 10.5. The molecule has 2 rings (SSSR count).